The number of fused-ring (bicyclic) bond motifs is 1. The predicted octanol–water partition coefficient (Wildman–Crippen LogP) is 5.40. The number of ether oxygens (including phenoxy) is 6. The van der Waals surface area contributed by atoms with Crippen LogP contribution >= 0.6 is 11.3 Å². The van der Waals surface area contributed by atoms with E-state index in [1.165, 1.54) is 23.5 Å². The van der Waals surface area contributed by atoms with Crippen LogP contribution in [0.4, 0.5) is 20.1 Å². The number of hydrazine groups is 1. The highest BCUT2D eigenvalue weighted by atomic mass is 32.1. The third-order valence-corrected chi connectivity index (χ3v) is 18.1. The number of hydrogen-bond acceptors (Lipinski definition) is 20. The normalized spacial score (nSPS) is 17.2. The molecule has 13 N–H and O–H groups in total. The number of benzene rings is 2. The zero-order valence-corrected chi connectivity index (χ0v) is 59.2. The fraction of sp³-hybridized carbons (Fsp3) is 0.647. The zero-order chi connectivity index (χ0) is 71.7. The molecule has 2 heterocycles. The molecule has 10 amide bonds. The Morgan fingerprint density at radius 1 is 0.776 bits per heavy atom. The minimum Gasteiger partial charge on any atom is -0.508 e. The van der Waals surface area contributed by atoms with Gasteiger partial charge in [0, 0.05) is 55.8 Å². The molecule has 1 fully saturated rings. The first-order valence-corrected chi connectivity index (χ1v) is 35.2. The van der Waals surface area contributed by atoms with E-state index >= 15 is 0 Å². The second-order valence-corrected chi connectivity index (χ2v) is 26.3. The summed E-state index contributed by atoms with van der Waals surface area (Å²) in [4.78, 5) is 127. The highest BCUT2D eigenvalue weighted by Gasteiger charge is 2.39. The highest BCUT2D eigenvalue weighted by molar-refractivity contribution is 7.09. The molecule has 1 aliphatic heterocycles. The molecule has 5 rings (SSSR count). The lowest BCUT2D eigenvalue weighted by molar-refractivity contribution is -0.143. The SMILES string of the molecule is CCCO[C@H](C[C@H](C(C)C)N(CCC)C(=O)[C@@H](NC(=O)[C@H]1CCCCN1C)[C@@H](C)CC)c1nc(C(=O)NC2Cc3ccc(O)cc3[C@H](C(=O)NNC(=O)OCCOCCOCCOCCNC(=O)OCc3ccc(NC(=O)[C@H](CCCNC(N)=O)NC(=O)[C@@H](N)C(C)C)cc3)C2)cs1. The molecule has 2 aliphatic rings. The molecule has 1 unspecified atom stereocenters. The second kappa shape index (κ2) is 42.9. The van der Waals surface area contributed by atoms with Crippen LogP contribution in [0.5, 0.6) is 5.75 Å². The average molecular weight is 1390 g/mol. The van der Waals surface area contributed by atoms with Crippen LogP contribution in [-0.4, -0.2) is 196 Å². The molecule has 9 atom stereocenters. The number of rotatable bonds is 41. The number of amides is 10. The van der Waals surface area contributed by atoms with Gasteiger partial charge in [-0.1, -0.05) is 86.4 Å². The maximum atomic E-state index is 14.8. The minimum atomic E-state index is -0.939. The van der Waals surface area contributed by atoms with E-state index in [0.717, 1.165) is 37.8 Å². The fourth-order valence-corrected chi connectivity index (χ4v) is 12.2. The van der Waals surface area contributed by atoms with E-state index < -0.39 is 78.0 Å². The molecule has 546 valence electrons. The molecule has 2 aromatic carbocycles. The van der Waals surface area contributed by atoms with Crippen LogP contribution in [0.3, 0.4) is 0 Å². The van der Waals surface area contributed by atoms with E-state index in [4.69, 9.17) is 44.9 Å². The van der Waals surface area contributed by atoms with Crippen molar-refractivity contribution in [2.45, 2.75) is 181 Å². The Hall–Kier alpha value is -7.74. The lowest BCUT2D eigenvalue weighted by Gasteiger charge is -2.40. The molecular weight excluding hydrogens is 1290 g/mol. The Balaban J connectivity index is 0.988. The van der Waals surface area contributed by atoms with E-state index in [-0.39, 0.29) is 132 Å². The number of phenols is 1. The standard InChI is InChI=1S/C68H107N13O16S/c1-10-26-81(65(88)58(44(8)12-3)77-62(86)54-17-13-14-27-80(54)9)55(42(4)5)39-56(95-28-11-2)64-76-53(41-98-64)61(85)74-48-36-46-20-23-49(82)38-50(46)51(37-48)59(83)78-79-68(91)96-35-34-94-33-32-93-31-30-92-29-25-72-67(90)97-40-45-18-21-47(22-19-45)73-60(84)52(16-15-24-71-66(70)89)75-63(87)57(69)43(6)7/h18-23,38,41-44,48,51-52,54-58,82H,10-17,24-37,39-40,69H2,1-9H3,(H,72,90)(H,73,84)(H,74,85)(H,75,87)(H,77,86)(H,78,83)(H,79,91)(H3,70,71,89)/t44-,48?,51+,52-,54+,55+,56+,57-,58-/m0/s1. The predicted molar refractivity (Wildman–Crippen MR) is 368 cm³/mol. The molecule has 30 heteroatoms. The zero-order valence-electron chi connectivity index (χ0n) is 58.4. The summed E-state index contributed by atoms with van der Waals surface area (Å²) in [5, 5.41) is 29.5. The molecule has 1 aliphatic carbocycles. The molecule has 3 aromatic rings. The van der Waals surface area contributed by atoms with Gasteiger partial charge in [0.25, 0.3) is 5.91 Å². The van der Waals surface area contributed by atoms with Crippen molar-refractivity contribution in [2.75, 3.05) is 91.4 Å². The minimum absolute atomic E-state index is 0.00634. The van der Waals surface area contributed by atoms with Crippen LogP contribution in [0, 0.1) is 17.8 Å². The summed E-state index contributed by atoms with van der Waals surface area (Å²) in [5.74, 6) is -3.44. The number of likely N-dealkylation sites (N-methyl/N-ethyl adjacent to an activating group) is 1. The maximum Gasteiger partial charge on any atom is 0.426 e. The molecule has 29 nitrogen and oxygen atoms in total. The topological polar surface area (TPSA) is 397 Å². The number of carbonyl (C=O) groups is 9. The number of likely N-dealkylation sites (tertiary alicyclic amines) is 1. The van der Waals surface area contributed by atoms with Gasteiger partial charge in [-0.25, -0.2) is 24.8 Å². The lowest BCUT2D eigenvalue weighted by atomic mass is 9.79. The summed E-state index contributed by atoms with van der Waals surface area (Å²) >= 11 is 1.30. The Bertz CT molecular complexity index is 3010. The Morgan fingerprint density at radius 3 is 2.13 bits per heavy atom. The third kappa shape index (κ3) is 27.2. The first-order chi connectivity index (χ1) is 46.9. The smallest absolute Gasteiger partial charge is 0.426 e. The van der Waals surface area contributed by atoms with Gasteiger partial charge in [-0.2, -0.15) is 0 Å². The van der Waals surface area contributed by atoms with Crippen molar-refractivity contribution in [3.8, 4) is 5.75 Å². The van der Waals surface area contributed by atoms with Crippen molar-refractivity contribution in [1.29, 1.82) is 0 Å². The molecule has 98 heavy (non-hydrogen) atoms. The van der Waals surface area contributed by atoms with Crippen LogP contribution in [0.2, 0.25) is 0 Å². The number of carbonyl (C=O) groups excluding carboxylic acids is 9. The van der Waals surface area contributed by atoms with Gasteiger partial charge in [0.2, 0.25) is 29.5 Å². The second-order valence-electron chi connectivity index (χ2n) is 25.5. The van der Waals surface area contributed by atoms with E-state index in [9.17, 15) is 48.3 Å². The average Bonchev–Trinajstić information content (AvgIpc) is 0.959. The first-order valence-electron chi connectivity index (χ1n) is 34.3. The summed E-state index contributed by atoms with van der Waals surface area (Å²) in [7, 11) is 1.96. The van der Waals surface area contributed by atoms with Crippen molar-refractivity contribution in [2.24, 2.45) is 29.2 Å². The number of piperidine rings is 1. The summed E-state index contributed by atoms with van der Waals surface area (Å²) in [5.41, 5.74) is 18.3. The van der Waals surface area contributed by atoms with Gasteiger partial charge in [0.1, 0.15) is 47.9 Å². The molecule has 1 saturated heterocycles. The van der Waals surface area contributed by atoms with Gasteiger partial charge in [-0.15, -0.1) is 11.3 Å². The summed E-state index contributed by atoms with van der Waals surface area (Å²) in [6.07, 6.45) is 4.21. The number of thiazole rings is 1. The number of urea groups is 1. The van der Waals surface area contributed by atoms with E-state index in [1.807, 2.05) is 39.6 Å². The number of primary amides is 1. The van der Waals surface area contributed by atoms with Gasteiger partial charge in [-0.05, 0) is 124 Å². The lowest BCUT2D eigenvalue weighted by Crippen LogP contribution is -2.58. The van der Waals surface area contributed by atoms with Crippen LogP contribution in [-0.2, 0) is 65.4 Å². The van der Waals surface area contributed by atoms with Crippen LogP contribution < -0.4 is 54.2 Å². The van der Waals surface area contributed by atoms with Crippen molar-refractivity contribution >= 4 is 70.7 Å². The summed E-state index contributed by atoms with van der Waals surface area (Å²) in [6.45, 7) is 18.9. The van der Waals surface area contributed by atoms with Gasteiger partial charge < -0.3 is 81.8 Å². The molecular formula is C68H107N13O16S. The van der Waals surface area contributed by atoms with Gasteiger partial charge in [0.15, 0.2) is 0 Å². The van der Waals surface area contributed by atoms with Gasteiger partial charge in [0.05, 0.1) is 57.6 Å². The van der Waals surface area contributed by atoms with Crippen molar-refractivity contribution < 1.29 is 76.7 Å². The van der Waals surface area contributed by atoms with Crippen molar-refractivity contribution in [3.05, 3.63) is 75.2 Å². The van der Waals surface area contributed by atoms with Gasteiger partial charge >= 0.3 is 18.2 Å². The number of hydrogen-bond donors (Lipinski definition) is 11. The number of anilines is 1. The molecule has 0 bridgehead atoms. The number of nitrogens with two attached hydrogens (primary N) is 2. The molecule has 0 radical (unpaired) electrons. The summed E-state index contributed by atoms with van der Waals surface area (Å²) in [6, 6.07) is 7.04. The quantitative estimate of drug-likeness (QED) is 0.0250. The molecule has 1 aromatic heterocycles. The summed E-state index contributed by atoms with van der Waals surface area (Å²) < 4.78 is 33.5. The Morgan fingerprint density at radius 2 is 1.48 bits per heavy atom. The van der Waals surface area contributed by atoms with E-state index in [1.54, 1.807) is 49.6 Å². The Labute approximate surface area is 579 Å². The van der Waals surface area contributed by atoms with Crippen molar-refractivity contribution in [3.63, 3.8) is 0 Å². The maximum absolute atomic E-state index is 14.8. The highest BCUT2D eigenvalue weighted by Crippen LogP contribution is 2.36. The number of nitrogens with one attached hydrogen (secondary N) is 8. The molecule has 0 spiro atoms. The van der Waals surface area contributed by atoms with Crippen LogP contribution in [0.15, 0.2) is 47.8 Å². The van der Waals surface area contributed by atoms with Gasteiger partial charge in [-0.3, -0.25) is 39.1 Å². The monoisotopic (exact) mass is 1390 g/mol. The first kappa shape index (κ1) is 80.9. The molecule has 0 saturated carbocycles. The van der Waals surface area contributed by atoms with Crippen LogP contribution in [0.1, 0.15) is 164 Å². The fourth-order valence-electron chi connectivity index (χ4n) is 11.4. The van der Waals surface area contributed by atoms with Crippen LogP contribution in [0.25, 0.3) is 0 Å². The number of aromatic hydroxyl groups is 1. The van der Waals surface area contributed by atoms with E-state index in [2.05, 4.69) is 61.5 Å². The largest absolute Gasteiger partial charge is 0.508 e. The number of aromatic nitrogens is 1. The number of alkyl carbamates (subject to hydrolysis) is 1. The number of phenolic OH excluding ortho intramolecular Hbond substituents is 1. The van der Waals surface area contributed by atoms with Crippen molar-refractivity contribution in [1.82, 2.24) is 52.2 Å². The Kier molecular flexibility index (Phi) is 35.5. The number of nitrogens with zero attached hydrogens (tertiary/aromatic N) is 3. The third-order valence-electron chi connectivity index (χ3n) is 17.1. The van der Waals surface area contributed by atoms with E-state index in [0.29, 0.717) is 67.1 Å².